The molecule has 0 aliphatic carbocycles. The Balaban J connectivity index is 0.00000596. The molecule has 5 nitrogen and oxygen atoms in total. The zero-order chi connectivity index (χ0) is 49.4. The second kappa shape index (κ2) is 18.4. The van der Waals surface area contributed by atoms with Gasteiger partial charge in [-0.2, -0.15) is 0 Å². The number of pyridine rings is 1. The van der Waals surface area contributed by atoms with Gasteiger partial charge in [0.25, 0.3) is 0 Å². The number of phenols is 1. The monoisotopic (exact) mass is 1120 g/mol. The van der Waals surface area contributed by atoms with Crippen molar-refractivity contribution in [3.8, 4) is 73.2 Å². The molecule has 3 heterocycles. The van der Waals surface area contributed by atoms with Crippen LogP contribution in [0, 0.1) is 6.07 Å². The first-order valence-electron chi connectivity index (χ1n) is 24.7. The fraction of sp³-hybridized carbons (Fsp3) is 0.182. The molecule has 11 aromatic rings. The quantitative estimate of drug-likeness (QED) is 0.162. The molecule has 0 unspecified atom stereocenters. The van der Waals surface area contributed by atoms with Crippen LogP contribution in [0.3, 0.4) is 0 Å². The topological polar surface area (TPSA) is 55.9 Å². The smallest absolute Gasteiger partial charge is 0.148 e. The molecular formula is C66H59N4OPt-. The van der Waals surface area contributed by atoms with Crippen molar-refractivity contribution in [1.82, 2.24) is 19.1 Å². The third-order valence-corrected chi connectivity index (χ3v) is 14.0. The van der Waals surface area contributed by atoms with Gasteiger partial charge in [-0.05, 0) is 93.1 Å². The molecule has 8 aromatic carbocycles. The summed E-state index contributed by atoms with van der Waals surface area (Å²) < 4.78 is 4.66. The number of rotatable bonds is 7. The minimum atomic E-state index is -0.351. The normalized spacial score (nSPS) is 12.2. The fourth-order valence-corrected chi connectivity index (χ4v) is 10.1. The summed E-state index contributed by atoms with van der Waals surface area (Å²) in [6, 6.07) is 68.7. The van der Waals surface area contributed by atoms with Crippen LogP contribution in [-0.2, 0) is 37.3 Å². The van der Waals surface area contributed by atoms with Crippen molar-refractivity contribution in [1.29, 1.82) is 0 Å². The van der Waals surface area contributed by atoms with Gasteiger partial charge in [0.15, 0.2) is 0 Å². The summed E-state index contributed by atoms with van der Waals surface area (Å²) >= 11 is 0. The second-order valence-corrected chi connectivity index (χ2v) is 22.0. The molecule has 0 saturated heterocycles. The second-order valence-electron chi connectivity index (χ2n) is 22.0. The Morgan fingerprint density at radius 1 is 0.458 bits per heavy atom. The van der Waals surface area contributed by atoms with Gasteiger partial charge >= 0.3 is 0 Å². The zero-order valence-corrected chi connectivity index (χ0v) is 44.7. The van der Waals surface area contributed by atoms with Crippen LogP contribution in [0.15, 0.2) is 188 Å². The van der Waals surface area contributed by atoms with Gasteiger partial charge in [0.05, 0.1) is 33.3 Å². The van der Waals surface area contributed by atoms with Crippen LogP contribution in [0.2, 0.25) is 0 Å². The van der Waals surface area contributed by atoms with Gasteiger partial charge in [0, 0.05) is 60.5 Å². The molecule has 3 aromatic heterocycles. The Morgan fingerprint density at radius 3 is 1.79 bits per heavy atom. The molecule has 0 spiro atoms. The van der Waals surface area contributed by atoms with Crippen LogP contribution >= 0.6 is 0 Å². The number of para-hydroxylation sites is 3. The molecule has 0 amide bonds. The van der Waals surface area contributed by atoms with Gasteiger partial charge in [0.2, 0.25) is 0 Å². The number of hydrogen-bond acceptors (Lipinski definition) is 3. The standard InChI is InChI=1S/C66H59N4O.Pt/c1-64(2,3)47-36-45(35-46(37-47)56-27-18-19-34-67-56)50-26-20-29-59-61(50)68-63(54-40-48(65(4,5)6)41-55(62(54)71)66(7,8)9)70(59)58-33-31-43(38-53(58)42-21-12-10-13-22-42)44-30-32-52-51-25-16-17-28-57(51)69(60(52)39-44)49-23-14-11-15-24-49;/h10-34,36-41,71H,1-9H3;/q-1;. The van der Waals surface area contributed by atoms with Crippen LogP contribution in [-0.4, -0.2) is 24.2 Å². The van der Waals surface area contributed by atoms with Crippen LogP contribution in [0.4, 0.5) is 0 Å². The maximum absolute atomic E-state index is 12.7. The van der Waals surface area contributed by atoms with Crippen molar-refractivity contribution in [2.75, 3.05) is 0 Å². The summed E-state index contributed by atoms with van der Waals surface area (Å²) in [5.74, 6) is 0.902. The molecule has 0 radical (unpaired) electrons. The van der Waals surface area contributed by atoms with E-state index < -0.39 is 0 Å². The summed E-state index contributed by atoms with van der Waals surface area (Å²) in [5.41, 5.74) is 17.3. The molecule has 0 bridgehead atoms. The van der Waals surface area contributed by atoms with Gasteiger partial charge in [-0.25, -0.2) is 4.98 Å². The van der Waals surface area contributed by atoms with Gasteiger partial charge in [-0.15, -0.1) is 29.3 Å². The first kappa shape index (κ1) is 48.3. The predicted octanol–water partition coefficient (Wildman–Crippen LogP) is 17.2. The molecule has 0 atom stereocenters. The van der Waals surface area contributed by atoms with Crippen molar-refractivity contribution < 1.29 is 26.2 Å². The van der Waals surface area contributed by atoms with Gasteiger partial charge in [0.1, 0.15) is 11.6 Å². The van der Waals surface area contributed by atoms with Crippen molar-refractivity contribution >= 4 is 32.8 Å². The van der Waals surface area contributed by atoms with E-state index in [1.807, 2.05) is 24.4 Å². The molecule has 11 rings (SSSR count). The molecule has 0 saturated carbocycles. The zero-order valence-electron chi connectivity index (χ0n) is 42.5. The molecular weight excluding hydrogens is 1060 g/mol. The molecule has 72 heavy (non-hydrogen) atoms. The van der Waals surface area contributed by atoms with Crippen LogP contribution < -0.4 is 0 Å². The SMILES string of the molecule is CC(C)(C)c1cc(-c2ccccn2)[c-]c(-c2cccc3c2nc(-c2cc(C(C)(C)C)cc(C(C)(C)C)c2O)n3-c2ccc(-c3ccc4c5ccccc5n(-c5ccccc5)c4c3)cc2-c2ccccc2)c1.[Pt]. The molecule has 0 aliphatic heterocycles. The Morgan fingerprint density at radius 2 is 1.08 bits per heavy atom. The number of benzene rings is 8. The van der Waals surface area contributed by atoms with E-state index in [4.69, 9.17) is 9.97 Å². The van der Waals surface area contributed by atoms with E-state index in [2.05, 4.69) is 241 Å². The summed E-state index contributed by atoms with van der Waals surface area (Å²) in [6.45, 7) is 19.9. The minimum absolute atomic E-state index is 0. The molecule has 1 N–H and O–H groups in total. The predicted molar refractivity (Wildman–Crippen MR) is 297 cm³/mol. The summed E-state index contributed by atoms with van der Waals surface area (Å²) in [6.07, 6.45) is 1.84. The van der Waals surface area contributed by atoms with E-state index in [1.54, 1.807) is 0 Å². The van der Waals surface area contributed by atoms with E-state index in [-0.39, 0.29) is 43.1 Å². The average Bonchev–Trinajstić information content (AvgIpc) is 3.92. The van der Waals surface area contributed by atoms with Crippen LogP contribution in [0.1, 0.15) is 79.0 Å². The Hall–Kier alpha value is -7.33. The number of hydrogen-bond donors (Lipinski definition) is 1. The van der Waals surface area contributed by atoms with Crippen LogP contribution in [0.5, 0.6) is 5.75 Å². The molecule has 0 fully saturated rings. The fourth-order valence-electron chi connectivity index (χ4n) is 10.1. The Labute approximate surface area is 438 Å². The third kappa shape index (κ3) is 8.68. The Kier molecular flexibility index (Phi) is 12.3. The molecule has 360 valence electrons. The van der Waals surface area contributed by atoms with E-state index in [0.29, 0.717) is 11.4 Å². The van der Waals surface area contributed by atoms with Gasteiger partial charge in [-0.3, -0.25) is 9.55 Å². The van der Waals surface area contributed by atoms with E-state index in [1.165, 1.54) is 21.9 Å². The van der Waals surface area contributed by atoms with E-state index >= 15 is 0 Å². The largest absolute Gasteiger partial charge is 0.507 e. The van der Waals surface area contributed by atoms with Gasteiger partial charge < -0.3 is 9.67 Å². The minimum Gasteiger partial charge on any atom is -0.507 e. The number of aromatic nitrogens is 4. The molecule has 6 heteroatoms. The van der Waals surface area contributed by atoms with E-state index in [0.717, 1.165) is 83.7 Å². The van der Waals surface area contributed by atoms with Crippen molar-refractivity contribution in [3.63, 3.8) is 0 Å². The number of imidazole rings is 1. The number of phenolic OH excluding ortho intramolecular Hbond substituents is 1. The van der Waals surface area contributed by atoms with Crippen molar-refractivity contribution in [2.45, 2.75) is 78.6 Å². The number of aromatic hydroxyl groups is 1. The number of fused-ring (bicyclic) bond motifs is 4. The first-order chi connectivity index (χ1) is 34.0. The summed E-state index contributed by atoms with van der Waals surface area (Å²) in [5, 5.41) is 15.1. The summed E-state index contributed by atoms with van der Waals surface area (Å²) in [7, 11) is 0. The maximum Gasteiger partial charge on any atom is 0.148 e. The van der Waals surface area contributed by atoms with Crippen molar-refractivity contribution in [3.05, 3.63) is 211 Å². The van der Waals surface area contributed by atoms with Crippen molar-refractivity contribution in [2.24, 2.45) is 0 Å². The van der Waals surface area contributed by atoms with E-state index in [9.17, 15) is 5.11 Å². The maximum atomic E-state index is 12.7. The first-order valence-corrected chi connectivity index (χ1v) is 24.7. The number of nitrogens with zero attached hydrogens (tertiary/aromatic N) is 4. The van der Waals surface area contributed by atoms with Gasteiger partial charge in [-0.1, -0.05) is 189 Å². The molecule has 0 aliphatic rings. The average molecular weight is 1120 g/mol. The third-order valence-electron chi connectivity index (χ3n) is 14.0. The summed E-state index contributed by atoms with van der Waals surface area (Å²) in [4.78, 5) is 10.5. The van der Waals surface area contributed by atoms with Crippen LogP contribution in [0.25, 0.3) is 100 Å². The Bertz CT molecular complexity index is 3810.